The number of hydrogen-bond acceptors (Lipinski definition) is 7. The van der Waals surface area contributed by atoms with Gasteiger partial charge in [-0.3, -0.25) is 9.80 Å². The Morgan fingerprint density at radius 2 is 2.00 bits per heavy atom. The maximum Gasteiger partial charge on any atom is 0.410 e. The van der Waals surface area contributed by atoms with Gasteiger partial charge in [0, 0.05) is 25.0 Å². The molecule has 1 amide bonds. The summed E-state index contributed by atoms with van der Waals surface area (Å²) in [5, 5.41) is 0.697. The van der Waals surface area contributed by atoms with Crippen LogP contribution in [0.2, 0.25) is 5.02 Å². The molecule has 6 rings (SSSR count). The number of carbonyl (C=O) groups is 1. The van der Waals surface area contributed by atoms with Crippen molar-refractivity contribution in [3.05, 3.63) is 33.3 Å². The minimum atomic E-state index is -0.587. The summed E-state index contributed by atoms with van der Waals surface area (Å²) in [6, 6.07) is 1.61. The lowest BCUT2D eigenvalue weighted by Gasteiger charge is -2.42. The van der Waals surface area contributed by atoms with Gasteiger partial charge in [-0.15, -0.1) is 0 Å². The standard InChI is InChI=1S/C28H33BrClF2N5O3/c1-27(2,3)40-26(38)37-17-5-6-18(37)14-35(13-17)24-19-9-20(30)21(29)22(32)23(19)33-25(34-24)39-15-28-7-4-8-36(28)12-16(10-28)11-31/h9,11,17-18H,4-8,10,12-15H2,1-3H3/b16-11-. The maximum absolute atomic E-state index is 15.5. The summed E-state index contributed by atoms with van der Waals surface area (Å²) in [6.07, 6.45) is 4.57. The van der Waals surface area contributed by atoms with E-state index in [1.54, 1.807) is 6.07 Å². The van der Waals surface area contributed by atoms with Crippen LogP contribution >= 0.6 is 27.5 Å². The monoisotopic (exact) mass is 639 g/mol. The zero-order valence-electron chi connectivity index (χ0n) is 22.9. The lowest BCUT2D eigenvalue weighted by atomic mass is 9.94. The summed E-state index contributed by atoms with van der Waals surface area (Å²) in [5.74, 6) is -0.0684. The summed E-state index contributed by atoms with van der Waals surface area (Å²) < 4.78 is 40.9. The van der Waals surface area contributed by atoms with Crippen molar-refractivity contribution in [2.75, 3.05) is 37.7 Å². The van der Waals surface area contributed by atoms with Gasteiger partial charge in [-0.2, -0.15) is 9.97 Å². The molecule has 4 fully saturated rings. The molecule has 0 spiro atoms. The molecule has 0 saturated carbocycles. The van der Waals surface area contributed by atoms with Gasteiger partial charge in [0.1, 0.15) is 23.5 Å². The molecule has 2 bridgehead atoms. The van der Waals surface area contributed by atoms with E-state index in [0.717, 1.165) is 37.8 Å². The molecule has 0 radical (unpaired) electrons. The first-order valence-electron chi connectivity index (χ1n) is 13.8. The topological polar surface area (TPSA) is 71.0 Å². The van der Waals surface area contributed by atoms with Crippen LogP contribution in [-0.4, -0.2) is 81.9 Å². The third kappa shape index (κ3) is 4.91. The third-order valence-corrected chi connectivity index (χ3v) is 9.79. The number of aromatic nitrogens is 2. The average molecular weight is 641 g/mol. The Balaban J connectivity index is 1.32. The first-order valence-corrected chi connectivity index (χ1v) is 14.9. The second-order valence-electron chi connectivity index (χ2n) is 12.4. The van der Waals surface area contributed by atoms with Gasteiger partial charge in [-0.05, 0) is 87.0 Å². The highest BCUT2D eigenvalue weighted by molar-refractivity contribution is 9.10. The van der Waals surface area contributed by atoms with Crippen LogP contribution in [0.3, 0.4) is 0 Å². The number of piperazine rings is 1. The fourth-order valence-corrected chi connectivity index (χ4v) is 7.28. The number of halogens is 4. The normalized spacial score (nSPS) is 27.6. The lowest BCUT2D eigenvalue weighted by molar-refractivity contribution is 0.0122. The number of rotatable bonds is 4. The van der Waals surface area contributed by atoms with Gasteiger partial charge in [-0.1, -0.05) is 11.6 Å². The summed E-state index contributed by atoms with van der Waals surface area (Å²) in [5.41, 5.74) is -0.0341. The first-order chi connectivity index (χ1) is 19.0. The van der Waals surface area contributed by atoms with Crippen molar-refractivity contribution in [1.29, 1.82) is 0 Å². The van der Waals surface area contributed by atoms with Gasteiger partial charge < -0.3 is 14.4 Å². The fourth-order valence-electron chi connectivity index (χ4n) is 6.78. The molecule has 216 valence electrons. The van der Waals surface area contributed by atoms with Crippen molar-refractivity contribution < 1.29 is 23.0 Å². The molecule has 12 heteroatoms. The number of amides is 1. The minimum Gasteiger partial charge on any atom is -0.461 e. The van der Waals surface area contributed by atoms with Crippen molar-refractivity contribution in [2.24, 2.45) is 0 Å². The lowest BCUT2D eigenvalue weighted by Crippen LogP contribution is -2.57. The van der Waals surface area contributed by atoms with Crippen molar-refractivity contribution >= 4 is 50.3 Å². The largest absolute Gasteiger partial charge is 0.461 e. The summed E-state index contributed by atoms with van der Waals surface area (Å²) in [7, 11) is 0. The molecule has 8 nitrogen and oxygen atoms in total. The Morgan fingerprint density at radius 1 is 1.27 bits per heavy atom. The Bertz CT molecular complexity index is 1370. The average Bonchev–Trinajstić information content (AvgIpc) is 3.53. The molecule has 3 unspecified atom stereocenters. The molecule has 4 aliphatic heterocycles. The van der Waals surface area contributed by atoms with E-state index in [4.69, 9.17) is 26.1 Å². The number of benzene rings is 1. The molecular weight excluding hydrogens is 608 g/mol. The SMILES string of the molecule is CC(C)(C)OC(=O)N1C2CCC1CN(c1nc(OCC34CCCN3C/C(=C\F)C4)nc3c(F)c(Br)c(Cl)cc13)C2. The predicted molar refractivity (Wildman–Crippen MR) is 152 cm³/mol. The van der Waals surface area contributed by atoms with Gasteiger partial charge in [0.25, 0.3) is 0 Å². The van der Waals surface area contributed by atoms with Gasteiger partial charge in [0.2, 0.25) is 0 Å². The Kier molecular flexibility index (Phi) is 7.14. The van der Waals surface area contributed by atoms with Crippen LogP contribution in [0.4, 0.5) is 19.4 Å². The highest BCUT2D eigenvalue weighted by atomic mass is 79.9. The molecule has 5 heterocycles. The van der Waals surface area contributed by atoms with E-state index >= 15 is 4.39 Å². The molecule has 3 atom stereocenters. The number of ether oxygens (including phenoxy) is 2. The van der Waals surface area contributed by atoms with Crippen molar-refractivity contribution in [1.82, 2.24) is 19.8 Å². The summed E-state index contributed by atoms with van der Waals surface area (Å²) >= 11 is 9.61. The number of carbonyl (C=O) groups excluding carboxylic acids is 1. The quantitative estimate of drug-likeness (QED) is 0.367. The Hall–Kier alpha value is -2.24. The van der Waals surface area contributed by atoms with Gasteiger partial charge >= 0.3 is 12.1 Å². The zero-order chi connectivity index (χ0) is 28.4. The maximum atomic E-state index is 15.5. The molecular formula is C28H33BrClF2N5O3. The van der Waals surface area contributed by atoms with Crippen LogP contribution in [0, 0.1) is 5.82 Å². The Labute approximate surface area is 245 Å². The summed E-state index contributed by atoms with van der Waals surface area (Å²) in [4.78, 5) is 28.4. The van der Waals surface area contributed by atoms with Crippen LogP contribution in [0.15, 0.2) is 22.4 Å². The molecule has 40 heavy (non-hydrogen) atoms. The third-order valence-electron chi connectivity index (χ3n) is 8.49. The molecule has 4 saturated heterocycles. The van der Waals surface area contributed by atoms with Crippen LogP contribution in [0.5, 0.6) is 6.01 Å². The van der Waals surface area contributed by atoms with Crippen LogP contribution in [0.25, 0.3) is 10.9 Å². The van der Waals surface area contributed by atoms with E-state index in [0.29, 0.717) is 43.6 Å². The second kappa shape index (κ2) is 10.2. The number of nitrogens with zero attached hydrogens (tertiary/aromatic N) is 5. The zero-order valence-corrected chi connectivity index (χ0v) is 25.2. The van der Waals surface area contributed by atoms with E-state index < -0.39 is 11.4 Å². The molecule has 1 aromatic carbocycles. The van der Waals surface area contributed by atoms with E-state index in [-0.39, 0.29) is 51.3 Å². The number of anilines is 1. The molecule has 0 N–H and O–H groups in total. The van der Waals surface area contributed by atoms with Crippen LogP contribution in [0.1, 0.15) is 52.9 Å². The second-order valence-corrected chi connectivity index (χ2v) is 13.6. The number of fused-ring (bicyclic) bond motifs is 4. The predicted octanol–water partition coefficient (Wildman–Crippen LogP) is 6.24. The van der Waals surface area contributed by atoms with Gasteiger partial charge in [0.15, 0.2) is 5.82 Å². The fraction of sp³-hybridized carbons (Fsp3) is 0.607. The molecule has 4 aliphatic rings. The molecule has 0 aliphatic carbocycles. The summed E-state index contributed by atoms with van der Waals surface area (Å²) in [6.45, 7) is 8.36. The van der Waals surface area contributed by atoms with Crippen LogP contribution < -0.4 is 9.64 Å². The highest BCUT2D eigenvalue weighted by Crippen LogP contribution is 2.43. The van der Waals surface area contributed by atoms with Gasteiger partial charge in [-0.25, -0.2) is 13.6 Å². The molecule has 2 aromatic rings. The van der Waals surface area contributed by atoms with E-state index in [1.165, 1.54) is 0 Å². The van der Waals surface area contributed by atoms with Crippen molar-refractivity contribution in [2.45, 2.75) is 76.1 Å². The van der Waals surface area contributed by atoms with Crippen molar-refractivity contribution in [3.63, 3.8) is 0 Å². The van der Waals surface area contributed by atoms with E-state index in [9.17, 15) is 9.18 Å². The van der Waals surface area contributed by atoms with Crippen LogP contribution in [-0.2, 0) is 4.74 Å². The van der Waals surface area contributed by atoms with Gasteiger partial charge in [0.05, 0.1) is 33.4 Å². The molecule has 1 aromatic heterocycles. The first kappa shape index (κ1) is 27.9. The van der Waals surface area contributed by atoms with E-state index in [1.807, 2.05) is 25.7 Å². The van der Waals surface area contributed by atoms with E-state index in [2.05, 4.69) is 30.7 Å². The number of hydrogen-bond donors (Lipinski definition) is 0. The smallest absolute Gasteiger partial charge is 0.410 e. The highest BCUT2D eigenvalue weighted by Gasteiger charge is 2.48. The van der Waals surface area contributed by atoms with Crippen molar-refractivity contribution in [3.8, 4) is 6.01 Å². The Morgan fingerprint density at radius 3 is 2.67 bits per heavy atom. The minimum absolute atomic E-state index is 0.0610.